The summed E-state index contributed by atoms with van der Waals surface area (Å²) in [6, 6.07) is 1.90. The molecule has 0 aromatic carbocycles. The molecule has 2 heterocycles. The number of hydrogen-bond donors (Lipinski definition) is 2. The van der Waals surface area contributed by atoms with Crippen molar-refractivity contribution < 1.29 is 8.42 Å². The minimum Gasteiger partial charge on any atom is -0.363 e. The Labute approximate surface area is 128 Å². The Morgan fingerprint density at radius 1 is 1.33 bits per heavy atom. The Hall–Kier alpha value is -0.850. The van der Waals surface area contributed by atoms with Gasteiger partial charge in [-0.2, -0.15) is 4.31 Å². The maximum Gasteiger partial charge on any atom is 0.244 e. The lowest BCUT2D eigenvalue weighted by atomic mass is 10.1. The molecule has 1 aliphatic heterocycles. The Bertz CT molecular complexity index is 539. The van der Waals surface area contributed by atoms with Gasteiger partial charge in [-0.25, -0.2) is 8.42 Å². The molecule has 0 saturated carbocycles. The molecular formula is C15H27N3O2S. The number of nitrogens with zero attached hydrogens (tertiary/aromatic N) is 1. The molecule has 21 heavy (non-hydrogen) atoms. The molecule has 1 atom stereocenters. The van der Waals surface area contributed by atoms with E-state index in [1.165, 1.54) is 0 Å². The number of nitrogens with one attached hydrogen (secondary N) is 2. The first-order chi connectivity index (χ1) is 10.1. The summed E-state index contributed by atoms with van der Waals surface area (Å²) in [6.07, 6.45) is 6.70. The zero-order valence-corrected chi connectivity index (χ0v) is 13.9. The van der Waals surface area contributed by atoms with Gasteiger partial charge in [0.1, 0.15) is 0 Å². The second-order valence-electron chi connectivity index (χ2n) is 5.67. The SMILES string of the molecule is CCNCc1cc(S(=O)(=O)N2CCCCCC2CC)c[nH]1. The van der Waals surface area contributed by atoms with Crippen LogP contribution in [0.25, 0.3) is 0 Å². The monoisotopic (exact) mass is 313 g/mol. The van der Waals surface area contributed by atoms with E-state index in [4.69, 9.17) is 0 Å². The lowest BCUT2D eigenvalue weighted by molar-refractivity contribution is 0.315. The van der Waals surface area contributed by atoms with E-state index in [9.17, 15) is 8.42 Å². The summed E-state index contributed by atoms with van der Waals surface area (Å²) in [4.78, 5) is 3.46. The van der Waals surface area contributed by atoms with E-state index in [1.807, 2.05) is 6.92 Å². The van der Waals surface area contributed by atoms with Crippen LogP contribution in [-0.4, -0.2) is 36.8 Å². The highest BCUT2D eigenvalue weighted by Gasteiger charge is 2.31. The number of rotatable bonds is 6. The van der Waals surface area contributed by atoms with Crippen LogP contribution in [0.15, 0.2) is 17.2 Å². The third-order valence-electron chi connectivity index (χ3n) is 4.18. The number of sulfonamides is 1. The molecule has 1 aromatic heterocycles. The van der Waals surface area contributed by atoms with Crippen LogP contribution in [0.5, 0.6) is 0 Å². The molecule has 1 aromatic rings. The van der Waals surface area contributed by atoms with Gasteiger partial charge in [0.25, 0.3) is 0 Å². The predicted octanol–water partition coefficient (Wildman–Crippen LogP) is 2.47. The molecule has 2 N–H and O–H groups in total. The third kappa shape index (κ3) is 3.87. The second kappa shape index (κ2) is 7.42. The summed E-state index contributed by atoms with van der Waals surface area (Å²) in [5.41, 5.74) is 0.915. The van der Waals surface area contributed by atoms with Crippen molar-refractivity contribution in [3.8, 4) is 0 Å². The normalized spacial score (nSPS) is 21.3. The molecule has 0 bridgehead atoms. The first kappa shape index (κ1) is 16.5. The average Bonchev–Trinajstić information content (AvgIpc) is 2.82. The fourth-order valence-electron chi connectivity index (χ4n) is 2.94. The Morgan fingerprint density at radius 3 is 2.86 bits per heavy atom. The fraction of sp³-hybridized carbons (Fsp3) is 0.733. The van der Waals surface area contributed by atoms with E-state index in [0.29, 0.717) is 18.0 Å². The molecule has 0 aliphatic carbocycles. The smallest absolute Gasteiger partial charge is 0.244 e. The van der Waals surface area contributed by atoms with Gasteiger partial charge in [0, 0.05) is 31.0 Å². The van der Waals surface area contributed by atoms with Crippen molar-refractivity contribution in [3.63, 3.8) is 0 Å². The van der Waals surface area contributed by atoms with Crippen LogP contribution in [-0.2, 0) is 16.6 Å². The van der Waals surface area contributed by atoms with E-state index in [1.54, 1.807) is 16.6 Å². The van der Waals surface area contributed by atoms with Gasteiger partial charge < -0.3 is 10.3 Å². The maximum atomic E-state index is 12.9. The number of aromatic amines is 1. The van der Waals surface area contributed by atoms with Gasteiger partial charge in [0.15, 0.2) is 0 Å². The third-order valence-corrected chi connectivity index (χ3v) is 6.11. The minimum atomic E-state index is -3.38. The molecule has 0 amide bonds. The average molecular weight is 313 g/mol. The van der Waals surface area contributed by atoms with E-state index in [-0.39, 0.29) is 6.04 Å². The van der Waals surface area contributed by atoms with Crippen LogP contribution in [0.4, 0.5) is 0 Å². The van der Waals surface area contributed by atoms with Crippen molar-refractivity contribution in [1.29, 1.82) is 0 Å². The second-order valence-corrected chi connectivity index (χ2v) is 7.56. The zero-order chi connectivity index (χ0) is 15.3. The summed E-state index contributed by atoms with van der Waals surface area (Å²) in [5, 5.41) is 3.20. The van der Waals surface area contributed by atoms with Crippen molar-refractivity contribution in [2.75, 3.05) is 13.1 Å². The first-order valence-corrected chi connectivity index (χ1v) is 9.43. The zero-order valence-electron chi connectivity index (χ0n) is 13.1. The van der Waals surface area contributed by atoms with Crippen molar-refractivity contribution in [3.05, 3.63) is 18.0 Å². The Morgan fingerprint density at radius 2 is 2.14 bits per heavy atom. The molecule has 1 unspecified atom stereocenters. The van der Waals surface area contributed by atoms with Gasteiger partial charge in [0.2, 0.25) is 10.0 Å². The topological polar surface area (TPSA) is 65.2 Å². The summed E-state index contributed by atoms with van der Waals surface area (Å²) in [7, 11) is -3.38. The molecule has 5 nitrogen and oxygen atoms in total. The molecule has 1 fully saturated rings. The van der Waals surface area contributed by atoms with Crippen LogP contribution in [0, 0.1) is 0 Å². The van der Waals surface area contributed by atoms with Gasteiger partial charge >= 0.3 is 0 Å². The van der Waals surface area contributed by atoms with Gasteiger partial charge in [-0.15, -0.1) is 0 Å². The van der Waals surface area contributed by atoms with Crippen molar-refractivity contribution >= 4 is 10.0 Å². The first-order valence-electron chi connectivity index (χ1n) is 7.99. The Kier molecular flexibility index (Phi) is 5.84. The van der Waals surface area contributed by atoms with Crippen molar-refractivity contribution in [2.24, 2.45) is 0 Å². The lowest BCUT2D eigenvalue weighted by Crippen LogP contribution is -2.39. The molecule has 6 heteroatoms. The van der Waals surface area contributed by atoms with Crippen LogP contribution in [0.3, 0.4) is 0 Å². The van der Waals surface area contributed by atoms with Crippen LogP contribution < -0.4 is 5.32 Å². The quantitative estimate of drug-likeness (QED) is 0.848. The molecule has 0 radical (unpaired) electrons. The molecule has 1 aliphatic rings. The van der Waals surface area contributed by atoms with Crippen molar-refractivity contribution in [1.82, 2.24) is 14.6 Å². The van der Waals surface area contributed by atoms with E-state index >= 15 is 0 Å². The number of H-pyrrole nitrogens is 1. The van der Waals surface area contributed by atoms with Crippen LogP contribution in [0.1, 0.15) is 51.6 Å². The highest BCUT2D eigenvalue weighted by atomic mass is 32.2. The summed E-state index contributed by atoms with van der Waals surface area (Å²) in [5.74, 6) is 0. The summed E-state index contributed by atoms with van der Waals surface area (Å²) in [6.45, 7) is 6.29. The van der Waals surface area contributed by atoms with Gasteiger partial charge in [-0.1, -0.05) is 26.7 Å². The maximum absolute atomic E-state index is 12.9. The lowest BCUT2D eigenvalue weighted by Gasteiger charge is -2.27. The number of aromatic nitrogens is 1. The molecule has 120 valence electrons. The van der Waals surface area contributed by atoms with Gasteiger partial charge in [-0.3, -0.25) is 0 Å². The van der Waals surface area contributed by atoms with Gasteiger partial charge in [-0.05, 0) is 31.9 Å². The molecule has 2 rings (SSSR count). The minimum absolute atomic E-state index is 0.143. The molecule has 0 spiro atoms. The standard InChI is InChI=1S/C15H27N3O2S/c1-3-14-8-6-5-7-9-18(14)21(19,20)15-10-13(17-12-15)11-16-4-2/h10,12,14,16-17H,3-9,11H2,1-2H3. The van der Waals surface area contributed by atoms with Crippen LogP contribution in [0.2, 0.25) is 0 Å². The Balaban J connectivity index is 2.20. The largest absolute Gasteiger partial charge is 0.363 e. The summed E-state index contributed by atoms with van der Waals surface area (Å²) >= 11 is 0. The van der Waals surface area contributed by atoms with E-state index < -0.39 is 10.0 Å². The van der Waals surface area contributed by atoms with E-state index in [0.717, 1.165) is 44.3 Å². The predicted molar refractivity (Wildman–Crippen MR) is 84.6 cm³/mol. The highest BCUT2D eigenvalue weighted by Crippen LogP contribution is 2.26. The van der Waals surface area contributed by atoms with Crippen LogP contribution >= 0.6 is 0 Å². The fourth-order valence-corrected chi connectivity index (χ4v) is 4.73. The van der Waals surface area contributed by atoms with Crippen molar-refractivity contribution in [2.45, 2.75) is 63.4 Å². The number of hydrogen-bond acceptors (Lipinski definition) is 3. The van der Waals surface area contributed by atoms with Gasteiger partial charge in [0.05, 0.1) is 4.90 Å². The molecule has 1 saturated heterocycles. The summed E-state index contributed by atoms with van der Waals surface area (Å²) < 4.78 is 27.5. The van der Waals surface area contributed by atoms with E-state index in [2.05, 4.69) is 17.2 Å². The highest BCUT2D eigenvalue weighted by molar-refractivity contribution is 7.89. The molecular weight excluding hydrogens is 286 g/mol.